The molecule has 1 aromatic rings. The Labute approximate surface area is 177 Å². The Morgan fingerprint density at radius 1 is 1.00 bits per heavy atom. The van der Waals surface area contributed by atoms with Crippen LogP contribution in [0, 0.1) is 0 Å². The second kappa shape index (κ2) is 8.26. The van der Waals surface area contributed by atoms with Crippen LogP contribution < -0.4 is 4.74 Å². The molecule has 2 amide bonds. The number of ether oxygens (including phenoxy) is 4. The summed E-state index contributed by atoms with van der Waals surface area (Å²) in [6, 6.07) is 4.90. The van der Waals surface area contributed by atoms with Crippen LogP contribution in [0.1, 0.15) is 71.3 Å². The minimum Gasteiger partial charge on any atom is -0.463 e. The highest BCUT2D eigenvalue weighted by molar-refractivity contribution is 6.02. The summed E-state index contributed by atoms with van der Waals surface area (Å²) >= 11 is 0. The van der Waals surface area contributed by atoms with Crippen molar-refractivity contribution in [1.82, 2.24) is 4.90 Å². The molecule has 0 atom stereocenters. The maximum absolute atomic E-state index is 12.9. The lowest BCUT2D eigenvalue weighted by Crippen LogP contribution is -2.46. The SMILES string of the molecule is CC(C)(C)OC(=O)N(CC(=O)c1ccc2c(c1)COC(C)(C)O2)C(=O)OC(C)(C)C. The van der Waals surface area contributed by atoms with Crippen LogP contribution in [0.15, 0.2) is 18.2 Å². The molecule has 30 heavy (non-hydrogen) atoms. The Bertz CT molecular complexity index is 803. The summed E-state index contributed by atoms with van der Waals surface area (Å²) in [4.78, 5) is 38.7. The van der Waals surface area contributed by atoms with E-state index in [0.717, 1.165) is 0 Å². The molecule has 0 aromatic heterocycles. The summed E-state index contributed by atoms with van der Waals surface area (Å²) in [7, 11) is 0. The number of rotatable bonds is 3. The van der Waals surface area contributed by atoms with Crippen molar-refractivity contribution in [3.63, 3.8) is 0 Å². The number of ketones is 1. The Kier molecular flexibility index (Phi) is 6.51. The predicted octanol–water partition coefficient (Wildman–Crippen LogP) is 4.69. The van der Waals surface area contributed by atoms with E-state index in [9.17, 15) is 14.4 Å². The van der Waals surface area contributed by atoms with E-state index in [0.29, 0.717) is 21.8 Å². The molecule has 8 heteroatoms. The van der Waals surface area contributed by atoms with Gasteiger partial charge in [-0.05, 0) is 59.7 Å². The standard InChI is InChI=1S/C22H31NO7/c1-20(2,3)29-18(25)23(19(26)30-21(4,5)6)12-16(24)14-9-10-17-15(11-14)13-27-22(7,8)28-17/h9-11H,12-13H2,1-8H3. The van der Waals surface area contributed by atoms with Crippen molar-refractivity contribution in [2.45, 2.75) is 79.0 Å². The van der Waals surface area contributed by atoms with Gasteiger partial charge in [-0.2, -0.15) is 0 Å². The molecule has 0 saturated heterocycles. The highest BCUT2D eigenvalue weighted by Crippen LogP contribution is 2.31. The van der Waals surface area contributed by atoms with Crippen LogP contribution >= 0.6 is 0 Å². The molecule has 0 radical (unpaired) electrons. The zero-order valence-corrected chi connectivity index (χ0v) is 19.0. The Balaban J connectivity index is 2.23. The second-order valence-corrected chi connectivity index (χ2v) is 9.58. The third-order valence-corrected chi connectivity index (χ3v) is 3.84. The fourth-order valence-electron chi connectivity index (χ4n) is 2.58. The average molecular weight is 421 g/mol. The van der Waals surface area contributed by atoms with E-state index in [-0.39, 0.29) is 6.61 Å². The number of Topliss-reactive ketones (excluding diaryl/α,β-unsaturated/α-hetero) is 1. The predicted molar refractivity (Wildman–Crippen MR) is 109 cm³/mol. The lowest BCUT2D eigenvalue weighted by Gasteiger charge is -2.32. The molecule has 0 spiro atoms. The third-order valence-electron chi connectivity index (χ3n) is 3.84. The smallest absolute Gasteiger partial charge is 0.420 e. The minimum atomic E-state index is -0.948. The first kappa shape index (κ1) is 23.7. The van der Waals surface area contributed by atoms with E-state index in [4.69, 9.17) is 18.9 Å². The van der Waals surface area contributed by atoms with Gasteiger partial charge >= 0.3 is 12.2 Å². The summed E-state index contributed by atoms with van der Waals surface area (Å²) in [5.41, 5.74) is -0.652. The number of carbonyl (C=O) groups excluding carboxylic acids is 3. The summed E-state index contributed by atoms with van der Waals surface area (Å²) in [6.07, 6.45) is -1.90. The Hall–Kier alpha value is -2.61. The van der Waals surface area contributed by atoms with E-state index >= 15 is 0 Å². The van der Waals surface area contributed by atoms with Crippen molar-refractivity contribution in [3.8, 4) is 5.75 Å². The number of imide groups is 1. The molecule has 0 fully saturated rings. The van der Waals surface area contributed by atoms with Gasteiger partial charge < -0.3 is 18.9 Å². The normalized spacial score (nSPS) is 15.5. The fraction of sp³-hybridized carbons (Fsp3) is 0.591. The maximum Gasteiger partial charge on any atom is 0.420 e. The van der Waals surface area contributed by atoms with E-state index in [1.807, 2.05) is 0 Å². The lowest BCUT2D eigenvalue weighted by atomic mass is 10.1. The number of benzene rings is 1. The van der Waals surface area contributed by atoms with Crippen LogP contribution in [0.25, 0.3) is 0 Å². The van der Waals surface area contributed by atoms with Crippen molar-refractivity contribution >= 4 is 18.0 Å². The number of carbonyl (C=O) groups is 3. The first-order valence-corrected chi connectivity index (χ1v) is 9.79. The number of hydrogen-bond acceptors (Lipinski definition) is 7. The molecule has 166 valence electrons. The molecule has 0 bridgehead atoms. The van der Waals surface area contributed by atoms with E-state index in [1.54, 1.807) is 73.6 Å². The lowest BCUT2D eigenvalue weighted by molar-refractivity contribution is -0.180. The van der Waals surface area contributed by atoms with Crippen molar-refractivity contribution in [2.75, 3.05) is 6.54 Å². The first-order chi connectivity index (χ1) is 13.6. The fourth-order valence-corrected chi connectivity index (χ4v) is 2.58. The second-order valence-electron chi connectivity index (χ2n) is 9.58. The molecule has 0 saturated carbocycles. The van der Waals surface area contributed by atoms with Crippen molar-refractivity contribution in [2.24, 2.45) is 0 Å². The van der Waals surface area contributed by atoms with Crippen LogP contribution in [0.5, 0.6) is 5.75 Å². The van der Waals surface area contributed by atoms with Gasteiger partial charge in [0.1, 0.15) is 17.0 Å². The highest BCUT2D eigenvalue weighted by atomic mass is 16.7. The number of fused-ring (bicyclic) bond motifs is 1. The molecule has 0 unspecified atom stereocenters. The van der Waals surface area contributed by atoms with Crippen molar-refractivity contribution < 1.29 is 33.3 Å². The van der Waals surface area contributed by atoms with E-state index < -0.39 is 41.5 Å². The van der Waals surface area contributed by atoms with Gasteiger partial charge in [0.15, 0.2) is 5.78 Å². The zero-order chi connectivity index (χ0) is 22.9. The van der Waals surface area contributed by atoms with Gasteiger partial charge in [-0.1, -0.05) is 0 Å². The summed E-state index contributed by atoms with van der Waals surface area (Å²) in [6.45, 7) is 13.4. The Morgan fingerprint density at radius 2 is 1.53 bits per heavy atom. The van der Waals surface area contributed by atoms with Gasteiger partial charge in [-0.3, -0.25) is 4.79 Å². The number of nitrogens with zero attached hydrogens (tertiary/aromatic N) is 1. The van der Waals surface area contributed by atoms with Crippen LogP contribution in [0.3, 0.4) is 0 Å². The minimum absolute atomic E-state index is 0.283. The van der Waals surface area contributed by atoms with E-state index in [2.05, 4.69) is 0 Å². The van der Waals surface area contributed by atoms with Crippen LogP contribution in [-0.4, -0.2) is 46.4 Å². The van der Waals surface area contributed by atoms with Gasteiger partial charge in [-0.15, -0.1) is 0 Å². The van der Waals surface area contributed by atoms with Crippen molar-refractivity contribution in [1.29, 1.82) is 0 Å². The molecule has 0 aliphatic carbocycles. The highest BCUT2D eigenvalue weighted by Gasteiger charge is 2.33. The summed E-state index contributed by atoms with van der Waals surface area (Å²) in [5.74, 6) is -0.568. The monoisotopic (exact) mass is 421 g/mol. The van der Waals surface area contributed by atoms with Gasteiger partial charge in [0.2, 0.25) is 5.79 Å². The first-order valence-electron chi connectivity index (χ1n) is 9.79. The molecular weight excluding hydrogens is 390 g/mol. The topological polar surface area (TPSA) is 91.4 Å². The molecule has 1 aliphatic rings. The van der Waals surface area contributed by atoms with Crippen LogP contribution in [0.2, 0.25) is 0 Å². The molecule has 1 aromatic carbocycles. The quantitative estimate of drug-likeness (QED) is 0.654. The molecule has 1 aliphatic heterocycles. The van der Waals surface area contributed by atoms with Gasteiger partial charge in [0.25, 0.3) is 0 Å². The van der Waals surface area contributed by atoms with Crippen LogP contribution in [0.4, 0.5) is 9.59 Å². The number of hydrogen-bond donors (Lipinski definition) is 0. The molecule has 2 rings (SSSR count). The summed E-state index contributed by atoms with van der Waals surface area (Å²) in [5, 5.41) is 0. The van der Waals surface area contributed by atoms with Crippen LogP contribution in [-0.2, 0) is 20.8 Å². The largest absolute Gasteiger partial charge is 0.463 e. The molecular formula is C22H31NO7. The maximum atomic E-state index is 12.9. The molecule has 0 N–H and O–H groups in total. The van der Waals surface area contributed by atoms with E-state index in [1.165, 1.54) is 0 Å². The number of amides is 2. The van der Waals surface area contributed by atoms with Gasteiger partial charge in [0, 0.05) is 25.0 Å². The van der Waals surface area contributed by atoms with Crippen molar-refractivity contribution in [3.05, 3.63) is 29.3 Å². The van der Waals surface area contributed by atoms with Gasteiger partial charge in [0.05, 0.1) is 13.2 Å². The third kappa shape index (κ3) is 6.73. The summed E-state index contributed by atoms with van der Waals surface area (Å²) < 4.78 is 21.9. The molecule has 1 heterocycles. The van der Waals surface area contributed by atoms with Gasteiger partial charge in [-0.25, -0.2) is 14.5 Å². The molecule has 8 nitrogen and oxygen atoms in total. The Morgan fingerprint density at radius 3 is 2.03 bits per heavy atom. The zero-order valence-electron chi connectivity index (χ0n) is 19.0. The average Bonchev–Trinajstić information content (AvgIpc) is 2.54.